The summed E-state index contributed by atoms with van der Waals surface area (Å²) in [4.78, 5) is 22.1. The zero-order chi connectivity index (χ0) is 12.8. The number of amides is 1. The number of anilines is 2. The maximum Gasteiger partial charge on any atom is 0.211 e. The first-order valence-electron chi connectivity index (χ1n) is 5.03. The summed E-state index contributed by atoms with van der Waals surface area (Å²) >= 11 is 0. The van der Waals surface area contributed by atoms with Gasteiger partial charge >= 0.3 is 0 Å². The van der Waals surface area contributed by atoms with Crippen molar-refractivity contribution >= 4 is 17.9 Å². The second-order valence-electron chi connectivity index (χ2n) is 3.30. The van der Waals surface area contributed by atoms with Crippen LogP contribution in [0.25, 0.3) is 0 Å². The van der Waals surface area contributed by atoms with Crippen LogP contribution < -0.4 is 11.1 Å². The number of pyridine rings is 1. The third-order valence-corrected chi connectivity index (χ3v) is 1.97. The van der Waals surface area contributed by atoms with E-state index in [1.54, 1.807) is 12.3 Å². The number of hydrogen-bond acceptors (Lipinski definition) is 5. The largest absolute Gasteiger partial charge is 0.382 e. The Bertz CT molecular complexity index is 612. The molecule has 0 spiro atoms. The van der Waals surface area contributed by atoms with E-state index in [9.17, 15) is 4.79 Å². The third kappa shape index (κ3) is 3.02. The number of nitrogen functional groups attached to an aromatic ring is 1. The van der Waals surface area contributed by atoms with Gasteiger partial charge in [-0.1, -0.05) is 5.92 Å². The quantitative estimate of drug-likeness (QED) is 0.585. The SMILES string of the molecule is Nc1cnc(C#Cc2cncc(NC=O)c2)cn1. The van der Waals surface area contributed by atoms with E-state index in [0.717, 1.165) is 0 Å². The van der Waals surface area contributed by atoms with Crippen LogP contribution in [0.2, 0.25) is 0 Å². The molecule has 3 N–H and O–H groups in total. The zero-order valence-corrected chi connectivity index (χ0v) is 9.29. The Labute approximate surface area is 103 Å². The minimum absolute atomic E-state index is 0.347. The molecule has 6 heteroatoms. The molecule has 0 atom stereocenters. The van der Waals surface area contributed by atoms with Gasteiger partial charge in [-0.05, 0) is 12.0 Å². The van der Waals surface area contributed by atoms with Crippen molar-refractivity contribution < 1.29 is 4.79 Å². The number of nitrogens with one attached hydrogen (secondary N) is 1. The fourth-order valence-electron chi connectivity index (χ4n) is 1.19. The van der Waals surface area contributed by atoms with Crippen molar-refractivity contribution in [3.05, 3.63) is 42.1 Å². The molecule has 2 rings (SSSR count). The van der Waals surface area contributed by atoms with Crippen LogP contribution in [0.5, 0.6) is 0 Å². The lowest BCUT2D eigenvalue weighted by molar-refractivity contribution is -0.105. The lowest BCUT2D eigenvalue weighted by atomic mass is 10.2. The van der Waals surface area contributed by atoms with E-state index in [0.29, 0.717) is 29.2 Å². The predicted molar refractivity (Wildman–Crippen MR) is 66.3 cm³/mol. The number of rotatable bonds is 2. The van der Waals surface area contributed by atoms with Gasteiger partial charge in [0.05, 0.1) is 24.3 Å². The fraction of sp³-hybridized carbons (Fsp3) is 0. The molecule has 88 valence electrons. The number of carbonyl (C=O) groups excluding carboxylic acids is 1. The maximum atomic E-state index is 10.3. The van der Waals surface area contributed by atoms with E-state index in [2.05, 4.69) is 32.1 Å². The summed E-state index contributed by atoms with van der Waals surface area (Å²) < 4.78 is 0. The van der Waals surface area contributed by atoms with Gasteiger partial charge in [-0.15, -0.1) is 0 Å². The molecule has 0 bridgehead atoms. The van der Waals surface area contributed by atoms with Crippen LogP contribution in [0.4, 0.5) is 11.5 Å². The summed E-state index contributed by atoms with van der Waals surface area (Å²) in [6.07, 6.45) is 6.63. The number of carbonyl (C=O) groups is 1. The van der Waals surface area contributed by atoms with Crippen LogP contribution in [0.3, 0.4) is 0 Å². The van der Waals surface area contributed by atoms with Gasteiger partial charge in [-0.2, -0.15) is 0 Å². The van der Waals surface area contributed by atoms with Crippen molar-refractivity contribution in [1.82, 2.24) is 15.0 Å². The summed E-state index contributed by atoms with van der Waals surface area (Å²) in [5.74, 6) is 6.04. The van der Waals surface area contributed by atoms with Crippen LogP contribution in [0, 0.1) is 11.8 Å². The minimum atomic E-state index is 0.347. The average Bonchev–Trinajstić information content (AvgIpc) is 2.39. The van der Waals surface area contributed by atoms with Gasteiger partial charge < -0.3 is 11.1 Å². The Hall–Kier alpha value is -2.94. The first-order valence-corrected chi connectivity index (χ1v) is 5.03. The minimum Gasteiger partial charge on any atom is -0.382 e. The summed E-state index contributed by atoms with van der Waals surface area (Å²) in [5.41, 5.74) is 7.18. The van der Waals surface area contributed by atoms with Crippen molar-refractivity contribution in [3.8, 4) is 11.8 Å². The molecule has 2 aromatic heterocycles. The van der Waals surface area contributed by atoms with Gasteiger partial charge in [0.15, 0.2) is 0 Å². The fourth-order valence-corrected chi connectivity index (χ4v) is 1.19. The van der Waals surface area contributed by atoms with Gasteiger partial charge in [-0.25, -0.2) is 9.97 Å². The first kappa shape index (κ1) is 11.5. The molecule has 0 saturated heterocycles. The summed E-state index contributed by atoms with van der Waals surface area (Å²) in [6, 6.07) is 1.71. The van der Waals surface area contributed by atoms with Crippen molar-refractivity contribution in [1.29, 1.82) is 0 Å². The molecule has 0 saturated carbocycles. The molecule has 2 aromatic rings. The smallest absolute Gasteiger partial charge is 0.211 e. The molecule has 0 radical (unpaired) electrons. The number of aromatic nitrogens is 3. The standard InChI is InChI=1S/C12H9N5O/c13-12-7-15-10(6-16-12)2-1-9-3-11(17-8-18)5-14-4-9/h3-8H,(H2,13,16)(H,17,18). The molecule has 0 unspecified atom stereocenters. The van der Waals surface area contributed by atoms with Crippen LogP contribution in [-0.2, 0) is 4.79 Å². The van der Waals surface area contributed by atoms with E-state index in [1.807, 2.05) is 0 Å². The molecule has 0 aromatic carbocycles. The lowest BCUT2D eigenvalue weighted by Crippen LogP contribution is -1.95. The highest BCUT2D eigenvalue weighted by atomic mass is 16.1. The third-order valence-electron chi connectivity index (χ3n) is 1.97. The summed E-state index contributed by atoms with van der Waals surface area (Å²) in [6.45, 7) is 0. The molecule has 18 heavy (non-hydrogen) atoms. The monoisotopic (exact) mass is 239 g/mol. The van der Waals surface area contributed by atoms with E-state index < -0.39 is 0 Å². The van der Waals surface area contributed by atoms with E-state index in [4.69, 9.17) is 5.73 Å². The van der Waals surface area contributed by atoms with Crippen molar-refractivity contribution in [2.75, 3.05) is 11.1 Å². The van der Waals surface area contributed by atoms with Gasteiger partial charge in [0, 0.05) is 11.8 Å². The van der Waals surface area contributed by atoms with Gasteiger partial charge in [0.25, 0.3) is 0 Å². The Morgan fingerprint density at radius 1 is 1.17 bits per heavy atom. The zero-order valence-electron chi connectivity index (χ0n) is 9.29. The van der Waals surface area contributed by atoms with E-state index in [-0.39, 0.29) is 0 Å². The Morgan fingerprint density at radius 3 is 2.78 bits per heavy atom. The maximum absolute atomic E-state index is 10.3. The molecule has 2 heterocycles. The number of nitrogens with zero attached hydrogens (tertiary/aromatic N) is 3. The van der Waals surface area contributed by atoms with Crippen LogP contribution in [0.1, 0.15) is 11.3 Å². The second kappa shape index (κ2) is 5.41. The summed E-state index contributed by atoms with van der Waals surface area (Å²) in [5, 5.41) is 2.50. The van der Waals surface area contributed by atoms with Crippen molar-refractivity contribution in [2.24, 2.45) is 0 Å². The highest BCUT2D eigenvalue weighted by molar-refractivity contribution is 5.71. The Balaban J connectivity index is 2.21. The molecule has 1 amide bonds. The van der Waals surface area contributed by atoms with Crippen LogP contribution in [-0.4, -0.2) is 21.4 Å². The molecule has 0 aliphatic heterocycles. The molecular weight excluding hydrogens is 230 g/mol. The summed E-state index contributed by atoms with van der Waals surface area (Å²) in [7, 11) is 0. The normalized spacial score (nSPS) is 9.11. The number of hydrogen-bond donors (Lipinski definition) is 2. The van der Waals surface area contributed by atoms with E-state index >= 15 is 0 Å². The molecule has 0 aliphatic rings. The average molecular weight is 239 g/mol. The van der Waals surface area contributed by atoms with Gasteiger partial charge in [0.1, 0.15) is 11.5 Å². The topological polar surface area (TPSA) is 93.8 Å². The van der Waals surface area contributed by atoms with Crippen molar-refractivity contribution in [2.45, 2.75) is 0 Å². The molecule has 0 fully saturated rings. The molecule has 0 aliphatic carbocycles. The highest BCUT2D eigenvalue weighted by Crippen LogP contribution is 2.06. The lowest BCUT2D eigenvalue weighted by Gasteiger charge is -1.96. The highest BCUT2D eigenvalue weighted by Gasteiger charge is 1.93. The van der Waals surface area contributed by atoms with Gasteiger partial charge in [0.2, 0.25) is 6.41 Å². The Kier molecular flexibility index (Phi) is 3.47. The molecule has 6 nitrogen and oxygen atoms in total. The Morgan fingerprint density at radius 2 is 2.06 bits per heavy atom. The van der Waals surface area contributed by atoms with Crippen molar-refractivity contribution in [3.63, 3.8) is 0 Å². The van der Waals surface area contributed by atoms with E-state index in [1.165, 1.54) is 18.6 Å². The first-order chi connectivity index (χ1) is 8.78. The van der Waals surface area contributed by atoms with Crippen LogP contribution >= 0.6 is 0 Å². The van der Waals surface area contributed by atoms with Crippen LogP contribution in [0.15, 0.2) is 30.9 Å². The molecular formula is C12H9N5O. The second-order valence-corrected chi connectivity index (χ2v) is 3.30. The predicted octanol–water partition coefficient (Wildman–Crippen LogP) is 0.422. The number of nitrogens with two attached hydrogens (primary N) is 1. The van der Waals surface area contributed by atoms with Gasteiger partial charge in [-0.3, -0.25) is 9.78 Å².